The number of sulfonamides is 1. The van der Waals surface area contributed by atoms with Crippen molar-refractivity contribution in [1.82, 2.24) is 14.9 Å². The van der Waals surface area contributed by atoms with Crippen LogP contribution in [0, 0.1) is 13.8 Å². The summed E-state index contributed by atoms with van der Waals surface area (Å²) in [5, 5.41) is 0. The van der Waals surface area contributed by atoms with Crippen LogP contribution < -0.4 is 4.72 Å². The predicted molar refractivity (Wildman–Crippen MR) is 94.9 cm³/mol. The molecular weight excluding hydrogens is 340 g/mol. The maximum atomic E-state index is 12.8. The number of benzene rings is 1. The predicted octanol–water partition coefficient (Wildman–Crippen LogP) is 1.66. The fourth-order valence-corrected chi connectivity index (χ4v) is 3.44. The normalized spacial score (nSPS) is 14.1. The van der Waals surface area contributed by atoms with Crippen LogP contribution in [0.15, 0.2) is 24.4 Å². The van der Waals surface area contributed by atoms with Crippen LogP contribution in [0.4, 0.5) is 5.69 Å². The average Bonchev–Trinajstić information content (AvgIpc) is 2.54. The molecule has 0 radical (unpaired) electrons. The van der Waals surface area contributed by atoms with Gasteiger partial charge in [-0.2, -0.15) is 0 Å². The van der Waals surface area contributed by atoms with Crippen molar-refractivity contribution >= 4 is 21.6 Å². The van der Waals surface area contributed by atoms with Gasteiger partial charge in [-0.25, -0.2) is 18.4 Å². The Morgan fingerprint density at radius 2 is 2.04 bits per heavy atom. The number of nitrogens with zero attached hydrogens (tertiary/aromatic N) is 3. The molecule has 1 aromatic carbocycles. The highest BCUT2D eigenvalue weighted by atomic mass is 32.2. The van der Waals surface area contributed by atoms with Crippen molar-refractivity contribution in [2.45, 2.75) is 26.8 Å². The summed E-state index contributed by atoms with van der Waals surface area (Å²) in [6.45, 7) is 4.63. The number of aromatic nitrogens is 2. The standard InChI is InChI=1S/C17H20N4O3S/c1-11-4-5-13(8-15(11)20-25(3,23)24)17(22)21-7-6-14-9-18-12(2)19-16(14)10-21/h4-5,8-9,20H,6-7,10H2,1-3H3. The van der Waals surface area contributed by atoms with Crippen LogP contribution >= 0.6 is 0 Å². The molecular formula is C17H20N4O3S. The van der Waals surface area contributed by atoms with Gasteiger partial charge in [-0.15, -0.1) is 0 Å². The van der Waals surface area contributed by atoms with E-state index in [4.69, 9.17) is 0 Å². The van der Waals surface area contributed by atoms with E-state index in [9.17, 15) is 13.2 Å². The zero-order valence-electron chi connectivity index (χ0n) is 14.4. The summed E-state index contributed by atoms with van der Waals surface area (Å²) < 4.78 is 25.4. The molecule has 7 nitrogen and oxygen atoms in total. The lowest BCUT2D eigenvalue weighted by Gasteiger charge is -2.28. The number of rotatable bonds is 3. The highest BCUT2D eigenvalue weighted by Gasteiger charge is 2.23. The molecule has 2 aromatic rings. The highest BCUT2D eigenvalue weighted by molar-refractivity contribution is 7.92. The summed E-state index contributed by atoms with van der Waals surface area (Å²) in [6.07, 6.45) is 3.62. The van der Waals surface area contributed by atoms with Gasteiger partial charge in [-0.3, -0.25) is 9.52 Å². The first-order valence-electron chi connectivity index (χ1n) is 7.92. The summed E-state index contributed by atoms with van der Waals surface area (Å²) in [5.41, 5.74) is 3.57. The van der Waals surface area contributed by atoms with Gasteiger partial charge in [0.2, 0.25) is 10.0 Å². The molecule has 1 N–H and O–H groups in total. The zero-order valence-corrected chi connectivity index (χ0v) is 15.2. The maximum absolute atomic E-state index is 12.8. The molecule has 1 aromatic heterocycles. The molecule has 1 aliphatic heterocycles. The molecule has 8 heteroatoms. The summed E-state index contributed by atoms with van der Waals surface area (Å²) in [4.78, 5) is 23.2. The smallest absolute Gasteiger partial charge is 0.254 e. The Morgan fingerprint density at radius 3 is 2.76 bits per heavy atom. The molecule has 0 spiro atoms. The first-order valence-corrected chi connectivity index (χ1v) is 9.81. The molecule has 1 amide bonds. The second-order valence-electron chi connectivity index (χ2n) is 6.27. The minimum absolute atomic E-state index is 0.140. The van der Waals surface area contributed by atoms with Gasteiger partial charge in [-0.1, -0.05) is 6.07 Å². The molecule has 0 fully saturated rings. The molecule has 0 unspecified atom stereocenters. The van der Waals surface area contributed by atoms with Crippen LogP contribution in [0.1, 0.15) is 33.0 Å². The van der Waals surface area contributed by atoms with Gasteiger partial charge in [0.15, 0.2) is 0 Å². The van der Waals surface area contributed by atoms with Crippen LogP contribution in [0.25, 0.3) is 0 Å². The van der Waals surface area contributed by atoms with E-state index in [0.717, 1.165) is 23.1 Å². The minimum atomic E-state index is -3.40. The first-order chi connectivity index (χ1) is 11.7. The number of nitrogens with one attached hydrogen (secondary N) is 1. The number of hydrogen-bond donors (Lipinski definition) is 1. The Labute approximate surface area is 147 Å². The number of fused-ring (bicyclic) bond motifs is 1. The number of anilines is 1. The van der Waals surface area contributed by atoms with Crippen molar-refractivity contribution in [1.29, 1.82) is 0 Å². The minimum Gasteiger partial charge on any atom is -0.332 e. The first kappa shape index (κ1) is 17.3. The third kappa shape index (κ3) is 3.96. The molecule has 3 rings (SSSR count). The van der Waals surface area contributed by atoms with Gasteiger partial charge in [0, 0.05) is 18.3 Å². The van der Waals surface area contributed by atoms with Crippen molar-refractivity contribution in [3.63, 3.8) is 0 Å². The lowest BCUT2D eigenvalue weighted by atomic mass is 10.0. The van der Waals surface area contributed by atoms with Gasteiger partial charge in [0.25, 0.3) is 5.91 Å². The van der Waals surface area contributed by atoms with Gasteiger partial charge >= 0.3 is 0 Å². The molecule has 0 saturated heterocycles. The van der Waals surface area contributed by atoms with E-state index in [1.54, 1.807) is 30.0 Å². The fourth-order valence-electron chi connectivity index (χ4n) is 2.82. The maximum Gasteiger partial charge on any atom is 0.254 e. The van der Waals surface area contributed by atoms with E-state index in [2.05, 4.69) is 14.7 Å². The van der Waals surface area contributed by atoms with Crippen LogP contribution in [-0.2, 0) is 23.0 Å². The Morgan fingerprint density at radius 1 is 1.28 bits per heavy atom. The lowest BCUT2D eigenvalue weighted by molar-refractivity contribution is 0.0731. The SMILES string of the molecule is Cc1ncc2c(n1)CN(C(=O)c1ccc(C)c(NS(C)(=O)=O)c1)CC2. The third-order valence-electron chi connectivity index (χ3n) is 4.13. The number of amides is 1. The molecule has 25 heavy (non-hydrogen) atoms. The highest BCUT2D eigenvalue weighted by Crippen LogP contribution is 2.22. The van der Waals surface area contributed by atoms with Crippen molar-refractivity contribution in [2.75, 3.05) is 17.5 Å². The monoisotopic (exact) mass is 360 g/mol. The molecule has 0 bridgehead atoms. The topological polar surface area (TPSA) is 92.3 Å². The Kier molecular flexibility index (Phi) is 4.47. The van der Waals surface area contributed by atoms with E-state index < -0.39 is 10.0 Å². The van der Waals surface area contributed by atoms with E-state index in [1.807, 2.05) is 13.1 Å². The third-order valence-corrected chi connectivity index (χ3v) is 4.72. The Balaban J connectivity index is 1.85. The van der Waals surface area contributed by atoms with Crippen molar-refractivity contribution in [3.8, 4) is 0 Å². The molecule has 0 atom stereocenters. The molecule has 0 aliphatic carbocycles. The van der Waals surface area contributed by atoms with Crippen LogP contribution in [0.2, 0.25) is 0 Å². The number of hydrogen-bond acceptors (Lipinski definition) is 5. The largest absolute Gasteiger partial charge is 0.332 e. The number of aryl methyl sites for hydroxylation is 2. The second kappa shape index (κ2) is 6.44. The van der Waals surface area contributed by atoms with E-state index in [-0.39, 0.29) is 5.91 Å². The summed E-state index contributed by atoms with van der Waals surface area (Å²) in [6, 6.07) is 5.04. The van der Waals surface area contributed by atoms with Gasteiger partial charge in [0.05, 0.1) is 24.2 Å². The molecule has 132 valence electrons. The Hall–Kier alpha value is -2.48. The summed E-state index contributed by atoms with van der Waals surface area (Å²) in [7, 11) is -3.40. The Bertz CT molecular complexity index is 941. The van der Waals surface area contributed by atoms with Gasteiger partial charge < -0.3 is 4.90 Å². The second-order valence-corrected chi connectivity index (χ2v) is 8.02. The number of carbonyl (C=O) groups excluding carboxylic acids is 1. The van der Waals surface area contributed by atoms with Crippen molar-refractivity contribution < 1.29 is 13.2 Å². The molecule has 1 aliphatic rings. The van der Waals surface area contributed by atoms with Crippen molar-refractivity contribution in [3.05, 3.63) is 52.6 Å². The van der Waals surface area contributed by atoms with E-state index in [0.29, 0.717) is 36.6 Å². The number of carbonyl (C=O) groups is 1. The quantitative estimate of drug-likeness (QED) is 0.899. The van der Waals surface area contributed by atoms with Crippen LogP contribution in [0.3, 0.4) is 0 Å². The summed E-state index contributed by atoms with van der Waals surface area (Å²) >= 11 is 0. The van der Waals surface area contributed by atoms with Crippen LogP contribution in [-0.4, -0.2) is 42.0 Å². The van der Waals surface area contributed by atoms with E-state index >= 15 is 0 Å². The molecule has 2 heterocycles. The van der Waals surface area contributed by atoms with Crippen LogP contribution in [0.5, 0.6) is 0 Å². The van der Waals surface area contributed by atoms with E-state index in [1.165, 1.54) is 0 Å². The average molecular weight is 360 g/mol. The lowest BCUT2D eigenvalue weighted by Crippen LogP contribution is -2.36. The van der Waals surface area contributed by atoms with Gasteiger partial charge in [0.1, 0.15) is 5.82 Å². The van der Waals surface area contributed by atoms with Crippen molar-refractivity contribution in [2.24, 2.45) is 0 Å². The fraction of sp³-hybridized carbons (Fsp3) is 0.353. The van der Waals surface area contributed by atoms with Gasteiger partial charge in [-0.05, 0) is 43.5 Å². The summed E-state index contributed by atoms with van der Waals surface area (Å²) in [5.74, 6) is 0.543. The molecule has 0 saturated carbocycles. The zero-order chi connectivity index (χ0) is 18.2.